The van der Waals surface area contributed by atoms with Crippen molar-refractivity contribution < 1.29 is 34.5 Å². The van der Waals surface area contributed by atoms with E-state index >= 15 is 0 Å². The molecule has 206 valence electrons. The third-order valence-electron chi connectivity index (χ3n) is 5.72. The van der Waals surface area contributed by atoms with Crippen LogP contribution >= 0.6 is 11.8 Å². The number of phenols is 2. The number of rotatable bonds is 14. The second-order valence-electron chi connectivity index (χ2n) is 8.82. The molecule has 11 nitrogen and oxygen atoms in total. The lowest BCUT2D eigenvalue weighted by atomic mass is 10.0. The Kier molecular flexibility index (Phi) is 11.9. The Morgan fingerprint density at radius 1 is 0.789 bits per heavy atom. The molecular weight excluding hydrogens is 512 g/mol. The summed E-state index contributed by atoms with van der Waals surface area (Å²) in [4.78, 5) is 50.1. The summed E-state index contributed by atoms with van der Waals surface area (Å²) in [7, 11) is 0. The number of benzene rings is 2. The quantitative estimate of drug-likeness (QED) is 0.177. The fraction of sp³-hybridized carbons (Fsp3) is 0.385. The van der Waals surface area contributed by atoms with Gasteiger partial charge in [-0.25, -0.2) is 4.79 Å². The molecule has 0 saturated carbocycles. The van der Waals surface area contributed by atoms with E-state index in [0.717, 1.165) is 5.56 Å². The summed E-state index contributed by atoms with van der Waals surface area (Å²) < 4.78 is 0. The second kappa shape index (κ2) is 14.8. The van der Waals surface area contributed by atoms with Gasteiger partial charge in [-0.1, -0.05) is 24.3 Å². The monoisotopic (exact) mass is 546 g/mol. The average molecular weight is 547 g/mol. The minimum absolute atomic E-state index is 0.0216. The van der Waals surface area contributed by atoms with E-state index in [-0.39, 0.29) is 30.8 Å². The first kappa shape index (κ1) is 30.5. The standard InChI is InChI=1S/C26H34N4O7S/c1-15(28-24(34)20(27)13-16-3-7-18(31)8-4-16)23(33)30-22(14-17-5-9-19(32)10-6-17)25(35)29-21(26(36)37)11-12-38-2/h3-10,15,20-22,31-32H,11-14,27H2,1-2H3,(H,28,34)(H,29,35)(H,30,33)(H,36,37). The number of carboxylic acid groups (broad SMARTS) is 1. The Balaban J connectivity index is 2.07. The summed E-state index contributed by atoms with van der Waals surface area (Å²) in [5.41, 5.74) is 7.32. The first-order chi connectivity index (χ1) is 18.0. The van der Waals surface area contributed by atoms with Crippen LogP contribution in [0.5, 0.6) is 11.5 Å². The lowest BCUT2D eigenvalue weighted by molar-refractivity contribution is -0.142. The van der Waals surface area contributed by atoms with Gasteiger partial charge in [0, 0.05) is 6.42 Å². The maximum Gasteiger partial charge on any atom is 0.326 e. The highest BCUT2D eigenvalue weighted by molar-refractivity contribution is 7.98. The van der Waals surface area contributed by atoms with Crippen LogP contribution in [-0.2, 0) is 32.0 Å². The minimum Gasteiger partial charge on any atom is -0.508 e. The van der Waals surface area contributed by atoms with Crippen LogP contribution in [0, 0.1) is 0 Å². The molecule has 12 heteroatoms. The Labute approximate surface area is 225 Å². The molecule has 0 bridgehead atoms. The maximum atomic E-state index is 13.0. The Hall–Kier alpha value is -3.77. The zero-order valence-electron chi connectivity index (χ0n) is 21.2. The number of phenolic OH excluding ortho intramolecular Hbond substituents is 2. The average Bonchev–Trinajstić information content (AvgIpc) is 2.88. The van der Waals surface area contributed by atoms with E-state index in [1.165, 1.54) is 43.0 Å². The zero-order chi connectivity index (χ0) is 28.2. The van der Waals surface area contributed by atoms with Gasteiger partial charge in [-0.3, -0.25) is 14.4 Å². The summed E-state index contributed by atoms with van der Waals surface area (Å²) in [6.45, 7) is 1.44. The van der Waals surface area contributed by atoms with Crippen LogP contribution in [0.2, 0.25) is 0 Å². The molecule has 0 aromatic heterocycles. The lowest BCUT2D eigenvalue weighted by Gasteiger charge is -2.24. The van der Waals surface area contributed by atoms with E-state index < -0.39 is 47.9 Å². The number of carbonyl (C=O) groups excluding carboxylic acids is 3. The first-order valence-corrected chi connectivity index (χ1v) is 13.3. The Morgan fingerprint density at radius 2 is 1.29 bits per heavy atom. The number of carboxylic acids is 1. The Morgan fingerprint density at radius 3 is 1.79 bits per heavy atom. The molecule has 0 aliphatic heterocycles. The van der Waals surface area contributed by atoms with Crippen LogP contribution in [-0.4, -0.2) is 75.2 Å². The molecule has 0 heterocycles. The number of hydrogen-bond acceptors (Lipinski definition) is 8. The van der Waals surface area contributed by atoms with Gasteiger partial charge in [0.1, 0.15) is 29.6 Å². The SMILES string of the molecule is CSCCC(NC(=O)C(Cc1ccc(O)cc1)NC(=O)C(C)NC(=O)C(N)Cc1ccc(O)cc1)C(=O)O. The molecule has 0 aliphatic carbocycles. The predicted molar refractivity (Wildman–Crippen MR) is 144 cm³/mol. The highest BCUT2D eigenvalue weighted by Gasteiger charge is 2.29. The fourth-order valence-corrected chi connectivity index (χ4v) is 3.98. The number of aromatic hydroxyl groups is 2. The first-order valence-electron chi connectivity index (χ1n) is 11.9. The number of amides is 3. The van der Waals surface area contributed by atoms with E-state index in [4.69, 9.17) is 5.73 Å². The zero-order valence-corrected chi connectivity index (χ0v) is 22.0. The van der Waals surface area contributed by atoms with Crippen molar-refractivity contribution in [3.05, 3.63) is 59.7 Å². The van der Waals surface area contributed by atoms with Gasteiger partial charge in [-0.05, 0) is 67.2 Å². The van der Waals surface area contributed by atoms with Gasteiger partial charge < -0.3 is 37.0 Å². The van der Waals surface area contributed by atoms with Crippen LogP contribution in [0.25, 0.3) is 0 Å². The summed E-state index contributed by atoms with van der Waals surface area (Å²) in [5.74, 6) is -2.50. The number of thioether (sulfide) groups is 1. The largest absolute Gasteiger partial charge is 0.508 e. The minimum atomic E-state index is -1.19. The van der Waals surface area contributed by atoms with E-state index in [2.05, 4.69) is 16.0 Å². The smallest absolute Gasteiger partial charge is 0.326 e. The number of nitrogens with two attached hydrogens (primary N) is 1. The normalized spacial score (nSPS) is 14.0. The summed E-state index contributed by atoms with van der Waals surface area (Å²) in [6.07, 6.45) is 2.22. The van der Waals surface area contributed by atoms with Crippen LogP contribution in [0.1, 0.15) is 24.5 Å². The van der Waals surface area contributed by atoms with Crippen molar-refractivity contribution in [1.82, 2.24) is 16.0 Å². The molecule has 2 aromatic rings. The molecule has 38 heavy (non-hydrogen) atoms. The van der Waals surface area contributed by atoms with Gasteiger partial charge in [-0.15, -0.1) is 0 Å². The van der Waals surface area contributed by atoms with Crippen molar-refractivity contribution in [2.75, 3.05) is 12.0 Å². The van der Waals surface area contributed by atoms with Crippen molar-refractivity contribution >= 4 is 35.5 Å². The van der Waals surface area contributed by atoms with Crippen molar-refractivity contribution in [2.45, 2.75) is 50.4 Å². The lowest BCUT2D eigenvalue weighted by Crippen LogP contribution is -2.57. The van der Waals surface area contributed by atoms with Gasteiger partial charge in [0.15, 0.2) is 0 Å². The summed E-state index contributed by atoms with van der Waals surface area (Å²) in [5, 5.41) is 36.0. The summed E-state index contributed by atoms with van der Waals surface area (Å²) in [6, 6.07) is 7.97. The Bertz CT molecular complexity index is 1100. The van der Waals surface area contributed by atoms with Crippen molar-refractivity contribution in [3.8, 4) is 11.5 Å². The molecular formula is C26H34N4O7S. The third-order valence-corrected chi connectivity index (χ3v) is 6.36. The summed E-state index contributed by atoms with van der Waals surface area (Å²) >= 11 is 1.44. The molecule has 8 N–H and O–H groups in total. The van der Waals surface area contributed by atoms with Crippen molar-refractivity contribution in [2.24, 2.45) is 5.73 Å². The molecule has 0 saturated heterocycles. The van der Waals surface area contributed by atoms with E-state index in [0.29, 0.717) is 11.3 Å². The van der Waals surface area contributed by atoms with Crippen molar-refractivity contribution in [1.29, 1.82) is 0 Å². The topological polar surface area (TPSA) is 191 Å². The molecule has 4 unspecified atom stereocenters. The maximum absolute atomic E-state index is 13.0. The van der Waals surface area contributed by atoms with Crippen LogP contribution in [0.4, 0.5) is 0 Å². The third kappa shape index (κ3) is 9.94. The highest BCUT2D eigenvalue weighted by atomic mass is 32.2. The van der Waals surface area contributed by atoms with Gasteiger partial charge in [0.25, 0.3) is 0 Å². The number of nitrogens with one attached hydrogen (secondary N) is 3. The van der Waals surface area contributed by atoms with Gasteiger partial charge >= 0.3 is 5.97 Å². The number of aliphatic carboxylic acids is 1. The van der Waals surface area contributed by atoms with Crippen LogP contribution < -0.4 is 21.7 Å². The van der Waals surface area contributed by atoms with Gasteiger partial charge in [0.05, 0.1) is 6.04 Å². The van der Waals surface area contributed by atoms with Gasteiger partial charge in [-0.2, -0.15) is 11.8 Å². The molecule has 0 radical (unpaired) electrons. The number of hydrogen-bond donors (Lipinski definition) is 7. The molecule has 0 fully saturated rings. The van der Waals surface area contributed by atoms with E-state index in [9.17, 15) is 34.5 Å². The predicted octanol–water partition coefficient (Wildman–Crippen LogP) is 0.522. The van der Waals surface area contributed by atoms with Gasteiger partial charge in [0.2, 0.25) is 17.7 Å². The van der Waals surface area contributed by atoms with Crippen molar-refractivity contribution in [3.63, 3.8) is 0 Å². The molecule has 4 atom stereocenters. The molecule has 2 aromatic carbocycles. The van der Waals surface area contributed by atoms with Crippen LogP contribution in [0.15, 0.2) is 48.5 Å². The van der Waals surface area contributed by atoms with Crippen LogP contribution in [0.3, 0.4) is 0 Å². The fourth-order valence-electron chi connectivity index (χ4n) is 3.50. The molecule has 0 aliphatic rings. The molecule has 0 spiro atoms. The highest BCUT2D eigenvalue weighted by Crippen LogP contribution is 2.13. The van der Waals surface area contributed by atoms with E-state index in [1.54, 1.807) is 24.3 Å². The molecule has 3 amide bonds. The van der Waals surface area contributed by atoms with E-state index in [1.807, 2.05) is 6.26 Å². The second-order valence-corrected chi connectivity index (χ2v) is 9.81. The number of carbonyl (C=O) groups is 4. The molecule has 2 rings (SSSR count).